The Labute approximate surface area is 124 Å². The SMILES string of the molecule is CCc1cc(CC(N)c2nccc3ccccc23)n(C)n1. The summed E-state index contributed by atoms with van der Waals surface area (Å²) in [5.41, 5.74) is 9.61. The monoisotopic (exact) mass is 280 g/mol. The Balaban J connectivity index is 1.93. The molecule has 1 aromatic carbocycles. The van der Waals surface area contributed by atoms with Crippen LogP contribution in [0.3, 0.4) is 0 Å². The Morgan fingerprint density at radius 3 is 2.81 bits per heavy atom. The van der Waals surface area contributed by atoms with Gasteiger partial charge >= 0.3 is 0 Å². The predicted octanol–water partition coefficient (Wildman–Crippen LogP) is 2.77. The molecule has 3 aromatic rings. The Morgan fingerprint density at radius 2 is 2.05 bits per heavy atom. The summed E-state index contributed by atoms with van der Waals surface area (Å²) in [5, 5.41) is 6.79. The van der Waals surface area contributed by atoms with Gasteiger partial charge in [-0.25, -0.2) is 0 Å². The van der Waals surface area contributed by atoms with Gasteiger partial charge in [-0.3, -0.25) is 9.67 Å². The highest BCUT2D eigenvalue weighted by Gasteiger charge is 2.14. The fraction of sp³-hybridized carbons (Fsp3) is 0.294. The molecule has 3 rings (SSSR count). The molecule has 108 valence electrons. The number of nitrogens with two attached hydrogens (primary N) is 1. The van der Waals surface area contributed by atoms with E-state index < -0.39 is 0 Å². The number of aryl methyl sites for hydroxylation is 2. The molecule has 21 heavy (non-hydrogen) atoms. The van der Waals surface area contributed by atoms with Crippen molar-refractivity contribution in [2.24, 2.45) is 12.8 Å². The molecule has 0 bridgehead atoms. The molecule has 2 N–H and O–H groups in total. The summed E-state index contributed by atoms with van der Waals surface area (Å²) >= 11 is 0. The van der Waals surface area contributed by atoms with E-state index in [1.807, 2.05) is 36.1 Å². The highest BCUT2D eigenvalue weighted by Crippen LogP contribution is 2.23. The molecule has 2 aromatic heterocycles. The van der Waals surface area contributed by atoms with Crippen molar-refractivity contribution in [3.8, 4) is 0 Å². The van der Waals surface area contributed by atoms with Crippen molar-refractivity contribution in [3.05, 3.63) is 59.7 Å². The van der Waals surface area contributed by atoms with Crippen molar-refractivity contribution in [1.82, 2.24) is 14.8 Å². The molecule has 1 atom stereocenters. The summed E-state index contributed by atoms with van der Waals surface area (Å²) < 4.78 is 1.92. The number of rotatable bonds is 4. The maximum atomic E-state index is 6.41. The largest absolute Gasteiger partial charge is 0.322 e. The second-order valence-electron chi connectivity index (χ2n) is 5.33. The van der Waals surface area contributed by atoms with Crippen LogP contribution in [0.1, 0.15) is 30.0 Å². The molecular weight excluding hydrogens is 260 g/mol. The van der Waals surface area contributed by atoms with E-state index in [2.05, 4.69) is 35.2 Å². The molecule has 0 aliphatic rings. The summed E-state index contributed by atoms with van der Waals surface area (Å²) in [6.45, 7) is 2.11. The Morgan fingerprint density at radius 1 is 1.24 bits per heavy atom. The van der Waals surface area contributed by atoms with Crippen LogP contribution in [0.4, 0.5) is 0 Å². The highest BCUT2D eigenvalue weighted by molar-refractivity contribution is 5.84. The Bertz CT molecular complexity index is 755. The van der Waals surface area contributed by atoms with Crippen molar-refractivity contribution in [2.45, 2.75) is 25.8 Å². The minimum atomic E-state index is -0.129. The van der Waals surface area contributed by atoms with Crippen LogP contribution in [0, 0.1) is 0 Å². The highest BCUT2D eigenvalue weighted by atomic mass is 15.3. The van der Waals surface area contributed by atoms with Crippen LogP contribution in [0.25, 0.3) is 10.8 Å². The van der Waals surface area contributed by atoms with Crippen LogP contribution in [0.2, 0.25) is 0 Å². The van der Waals surface area contributed by atoms with Crippen molar-refractivity contribution < 1.29 is 0 Å². The molecule has 1 unspecified atom stereocenters. The second-order valence-corrected chi connectivity index (χ2v) is 5.33. The van der Waals surface area contributed by atoms with Gasteiger partial charge in [0.15, 0.2) is 0 Å². The number of pyridine rings is 1. The average Bonchev–Trinajstić information content (AvgIpc) is 2.87. The lowest BCUT2D eigenvalue weighted by atomic mass is 10.0. The summed E-state index contributed by atoms with van der Waals surface area (Å²) in [6, 6.07) is 12.3. The third-order valence-corrected chi connectivity index (χ3v) is 3.87. The molecule has 2 heterocycles. The van der Waals surface area contributed by atoms with Gasteiger partial charge in [0.1, 0.15) is 0 Å². The van der Waals surface area contributed by atoms with E-state index in [-0.39, 0.29) is 6.04 Å². The first-order chi connectivity index (χ1) is 10.2. The number of fused-ring (bicyclic) bond motifs is 1. The fourth-order valence-electron chi connectivity index (χ4n) is 2.70. The van der Waals surface area contributed by atoms with Gasteiger partial charge in [0.2, 0.25) is 0 Å². The van der Waals surface area contributed by atoms with Crippen LogP contribution in [-0.2, 0) is 19.9 Å². The quantitative estimate of drug-likeness (QED) is 0.799. The van der Waals surface area contributed by atoms with Crippen LogP contribution in [-0.4, -0.2) is 14.8 Å². The average molecular weight is 280 g/mol. The van der Waals surface area contributed by atoms with E-state index in [0.29, 0.717) is 0 Å². The molecule has 0 saturated carbocycles. The zero-order valence-corrected chi connectivity index (χ0v) is 12.5. The second kappa shape index (κ2) is 5.66. The van der Waals surface area contributed by atoms with Gasteiger partial charge in [0.25, 0.3) is 0 Å². The fourth-order valence-corrected chi connectivity index (χ4v) is 2.70. The number of hydrogen-bond acceptors (Lipinski definition) is 3. The first-order valence-electron chi connectivity index (χ1n) is 7.30. The Hall–Kier alpha value is -2.20. The summed E-state index contributed by atoms with van der Waals surface area (Å²) in [7, 11) is 1.97. The number of nitrogens with zero attached hydrogens (tertiary/aromatic N) is 3. The first kappa shape index (κ1) is 13.8. The summed E-state index contributed by atoms with van der Waals surface area (Å²) in [4.78, 5) is 4.50. The Kier molecular flexibility index (Phi) is 3.71. The van der Waals surface area contributed by atoms with E-state index in [9.17, 15) is 0 Å². The van der Waals surface area contributed by atoms with Crippen molar-refractivity contribution in [3.63, 3.8) is 0 Å². The molecule has 0 amide bonds. The predicted molar refractivity (Wildman–Crippen MR) is 85.0 cm³/mol. The van der Waals surface area contributed by atoms with Crippen molar-refractivity contribution in [2.75, 3.05) is 0 Å². The topological polar surface area (TPSA) is 56.7 Å². The van der Waals surface area contributed by atoms with Gasteiger partial charge in [-0.15, -0.1) is 0 Å². The zero-order valence-electron chi connectivity index (χ0n) is 12.5. The molecule has 0 saturated heterocycles. The third-order valence-electron chi connectivity index (χ3n) is 3.87. The minimum Gasteiger partial charge on any atom is -0.322 e. The van der Waals surface area contributed by atoms with Crippen LogP contribution < -0.4 is 5.73 Å². The van der Waals surface area contributed by atoms with Gasteiger partial charge in [-0.1, -0.05) is 31.2 Å². The lowest BCUT2D eigenvalue weighted by molar-refractivity contribution is 0.631. The van der Waals surface area contributed by atoms with Crippen LogP contribution in [0.5, 0.6) is 0 Å². The molecule has 4 nitrogen and oxygen atoms in total. The van der Waals surface area contributed by atoms with E-state index in [0.717, 1.165) is 35.3 Å². The van der Waals surface area contributed by atoms with E-state index in [1.165, 1.54) is 5.39 Å². The van der Waals surface area contributed by atoms with Crippen molar-refractivity contribution in [1.29, 1.82) is 0 Å². The maximum Gasteiger partial charge on any atom is 0.0653 e. The number of aromatic nitrogens is 3. The summed E-state index contributed by atoms with van der Waals surface area (Å²) in [5.74, 6) is 0. The number of hydrogen-bond donors (Lipinski definition) is 1. The van der Waals surface area contributed by atoms with Gasteiger partial charge in [0, 0.05) is 30.7 Å². The smallest absolute Gasteiger partial charge is 0.0653 e. The standard InChI is InChI=1S/C17H20N4/c1-3-13-10-14(21(2)20-13)11-16(18)17-15-7-5-4-6-12(15)8-9-19-17/h4-10,16H,3,11,18H2,1-2H3. The minimum absolute atomic E-state index is 0.129. The maximum absolute atomic E-state index is 6.41. The lowest BCUT2D eigenvalue weighted by Gasteiger charge is -2.13. The van der Waals surface area contributed by atoms with Crippen LogP contribution in [0.15, 0.2) is 42.6 Å². The lowest BCUT2D eigenvalue weighted by Crippen LogP contribution is -2.17. The molecule has 0 fully saturated rings. The van der Waals surface area contributed by atoms with Gasteiger partial charge in [-0.05, 0) is 23.9 Å². The van der Waals surface area contributed by atoms with E-state index >= 15 is 0 Å². The molecule has 0 aliphatic heterocycles. The molecular formula is C17H20N4. The molecule has 0 radical (unpaired) electrons. The van der Waals surface area contributed by atoms with Gasteiger partial charge in [-0.2, -0.15) is 5.10 Å². The van der Waals surface area contributed by atoms with E-state index in [4.69, 9.17) is 5.73 Å². The zero-order chi connectivity index (χ0) is 14.8. The summed E-state index contributed by atoms with van der Waals surface area (Å²) in [6.07, 6.45) is 3.51. The first-order valence-corrected chi connectivity index (χ1v) is 7.30. The third kappa shape index (κ3) is 2.67. The van der Waals surface area contributed by atoms with Crippen LogP contribution >= 0.6 is 0 Å². The van der Waals surface area contributed by atoms with Crippen molar-refractivity contribution >= 4 is 10.8 Å². The van der Waals surface area contributed by atoms with Gasteiger partial charge in [0.05, 0.1) is 17.4 Å². The van der Waals surface area contributed by atoms with Gasteiger partial charge < -0.3 is 5.73 Å². The molecule has 0 aliphatic carbocycles. The molecule has 4 heteroatoms. The number of benzene rings is 1. The normalized spacial score (nSPS) is 12.7. The van der Waals surface area contributed by atoms with E-state index in [1.54, 1.807) is 0 Å². The molecule has 0 spiro atoms.